The summed E-state index contributed by atoms with van der Waals surface area (Å²) in [6.07, 6.45) is 2.78. The second-order valence-corrected chi connectivity index (χ2v) is 3.57. The Balaban J connectivity index is 1.81. The third-order valence-electron chi connectivity index (χ3n) is 2.52. The average Bonchev–Trinajstić information content (AvgIpc) is 2.69. The Bertz CT molecular complexity index is 141. The maximum absolute atomic E-state index is 9.07. The molecule has 1 unspecified atom stereocenters. The van der Waals surface area contributed by atoms with Gasteiger partial charge in [-0.15, -0.1) is 0 Å². The Labute approximate surface area is 66.9 Å². The van der Waals surface area contributed by atoms with Crippen molar-refractivity contribution in [3.8, 4) is 0 Å². The smallest absolute Gasteiger partial charge is 0.113 e. The van der Waals surface area contributed by atoms with Crippen LogP contribution in [0.5, 0.6) is 0 Å². The summed E-state index contributed by atoms with van der Waals surface area (Å²) in [5, 5.41) is 9.07. The largest absolute Gasteiger partial charge is 0.390 e. The average molecular weight is 157 g/mol. The molecule has 0 bridgehead atoms. The number of methoxy groups -OCH3 is 1. The van der Waals surface area contributed by atoms with Gasteiger partial charge in [0.05, 0.1) is 6.10 Å². The molecule has 11 heavy (non-hydrogen) atoms. The lowest BCUT2D eigenvalue weighted by atomic mass is 10.1. The Kier molecular flexibility index (Phi) is 1.87. The molecular formula is C8H15NO2. The molecule has 1 saturated heterocycles. The van der Waals surface area contributed by atoms with Crippen LogP contribution in [0, 0.1) is 5.92 Å². The van der Waals surface area contributed by atoms with Crippen LogP contribution in [0.25, 0.3) is 0 Å². The Morgan fingerprint density at radius 3 is 2.45 bits per heavy atom. The molecule has 3 heteroatoms. The van der Waals surface area contributed by atoms with Crippen LogP contribution in [0.3, 0.4) is 0 Å². The molecular weight excluding hydrogens is 142 g/mol. The summed E-state index contributed by atoms with van der Waals surface area (Å²) >= 11 is 0. The number of β-amino-alcohol motifs (C(OH)–C–C–N with tert-alkyl or cyclic N) is 1. The Hall–Kier alpha value is -0.120. The predicted octanol–water partition coefficient (Wildman–Crippen LogP) is 0.0454. The van der Waals surface area contributed by atoms with Crippen molar-refractivity contribution in [3.63, 3.8) is 0 Å². The van der Waals surface area contributed by atoms with Crippen molar-refractivity contribution in [3.05, 3.63) is 0 Å². The molecule has 2 fully saturated rings. The van der Waals surface area contributed by atoms with Crippen LogP contribution in [-0.4, -0.2) is 42.5 Å². The minimum Gasteiger partial charge on any atom is -0.390 e. The third kappa shape index (κ3) is 1.41. The maximum Gasteiger partial charge on any atom is 0.113 e. The van der Waals surface area contributed by atoms with Crippen LogP contribution >= 0.6 is 0 Å². The van der Waals surface area contributed by atoms with Crippen LogP contribution < -0.4 is 0 Å². The summed E-state index contributed by atoms with van der Waals surface area (Å²) in [5.41, 5.74) is 0. The molecule has 0 radical (unpaired) electrons. The molecule has 1 saturated carbocycles. The molecule has 1 heterocycles. The number of aliphatic hydroxyl groups excluding tert-OH is 1. The molecule has 0 aromatic heterocycles. The zero-order valence-electron chi connectivity index (χ0n) is 6.86. The highest BCUT2D eigenvalue weighted by molar-refractivity contribution is 4.89. The van der Waals surface area contributed by atoms with Crippen LogP contribution in [0.1, 0.15) is 12.8 Å². The summed E-state index contributed by atoms with van der Waals surface area (Å²) in [7, 11) is 1.76. The lowest BCUT2D eigenvalue weighted by molar-refractivity contribution is -0.124. The number of likely N-dealkylation sites (tertiary alicyclic amines) is 1. The number of hydrogen-bond acceptors (Lipinski definition) is 3. The van der Waals surface area contributed by atoms with Gasteiger partial charge >= 0.3 is 0 Å². The number of aliphatic hydroxyl groups is 1. The highest BCUT2D eigenvalue weighted by Gasteiger charge is 2.40. The van der Waals surface area contributed by atoms with Crippen LogP contribution in [0.2, 0.25) is 0 Å². The molecule has 2 aliphatic rings. The van der Waals surface area contributed by atoms with E-state index in [-0.39, 0.29) is 6.10 Å². The molecule has 2 rings (SSSR count). The van der Waals surface area contributed by atoms with Gasteiger partial charge in [-0.2, -0.15) is 0 Å². The molecule has 0 spiro atoms. The highest BCUT2D eigenvalue weighted by atomic mass is 16.5. The van der Waals surface area contributed by atoms with Crippen molar-refractivity contribution in [2.24, 2.45) is 5.92 Å². The quantitative estimate of drug-likeness (QED) is 0.628. The molecule has 1 aliphatic carbocycles. The normalized spacial score (nSPS) is 30.0. The Morgan fingerprint density at radius 1 is 1.45 bits per heavy atom. The van der Waals surface area contributed by atoms with Crippen molar-refractivity contribution in [2.45, 2.75) is 25.2 Å². The Morgan fingerprint density at radius 2 is 2.09 bits per heavy atom. The van der Waals surface area contributed by atoms with Crippen molar-refractivity contribution >= 4 is 0 Å². The summed E-state index contributed by atoms with van der Waals surface area (Å²) in [5.74, 6) is 0.743. The predicted molar refractivity (Wildman–Crippen MR) is 41.1 cm³/mol. The lowest BCUT2D eigenvalue weighted by Gasteiger charge is -2.41. The summed E-state index contributed by atoms with van der Waals surface area (Å²) < 4.78 is 5.34. The minimum absolute atomic E-state index is 0.105. The molecule has 64 valence electrons. The topological polar surface area (TPSA) is 32.7 Å². The van der Waals surface area contributed by atoms with Gasteiger partial charge in [0, 0.05) is 20.2 Å². The second-order valence-electron chi connectivity index (χ2n) is 3.57. The van der Waals surface area contributed by atoms with Crippen molar-refractivity contribution in [1.29, 1.82) is 0 Å². The number of rotatable bonds is 3. The van der Waals surface area contributed by atoms with Gasteiger partial charge in [0.1, 0.15) is 6.23 Å². The standard InChI is InChI=1S/C8H15NO2/c1-11-8(6-2-3-6)9-4-7(10)5-9/h6-8,10H,2-5H2,1H3. The van der Waals surface area contributed by atoms with E-state index < -0.39 is 0 Å². The first-order chi connectivity index (χ1) is 5.31. The van der Waals surface area contributed by atoms with Gasteiger partial charge in [-0.05, 0) is 18.8 Å². The maximum atomic E-state index is 9.07. The lowest BCUT2D eigenvalue weighted by Crippen LogP contribution is -2.56. The summed E-state index contributed by atoms with van der Waals surface area (Å²) in [6, 6.07) is 0. The first-order valence-corrected chi connectivity index (χ1v) is 4.26. The number of hydrogen-bond donors (Lipinski definition) is 1. The van der Waals surface area contributed by atoms with E-state index in [1.807, 2.05) is 0 Å². The third-order valence-corrected chi connectivity index (χ3v) is 2.52. The van der Waals surface area contributed by atoms with E-state index in [4.69, 9.17) is 9.84 Å². The number of ether oxygens (including phenoxy) is 1. The van der Waals surface area contributed by atoms with Crippen LogP contribution in [0.4, 0.5) is 0 Å². The fraction of sp³-hybridized carbons (Fsp3) is 1.00. The van der Waals surface area contributed by atoms with Gasteiger partial charge in [-0.1, -0.05) is 0 Å². The van der Waals surface area contributed by atoms with E-state index in [0.29, 0.717) is 6.23 Å². The first kappa shape index (κ1) is 7.53. The van der Waals surface area contributed by atoms with Gasteiger partial charge in [0.2, 0.25) is 0 Å². The monoisotopic (exact) mass is 157 g/mol. The van der Waals surface area contributed by atoms with E-state index in [1.54, 1.807) is 7.11 Å². The van der Waals surface area contributed by atoms with E-state index in [1.165, 1.54) is 12.8 Å². The van der Waals surface area contributed by atoms with Crippen molar-refractivity contribution in [2.75, 3.05) is 20.2 Å². The van der Waals surface area contributed by atoms with Gasteiger partial charge < -0.3 is 9.84 Å². The summed E-state index contributed by atoms with van der Waals surface area (Å²) in [6.45, 7) is 1.60. The van der Waals surface area contributed by atoms with Crippen LogP contribution in [-0.2, 0) is 4.74 Å². The molecule has 0 aromatic rings. The molecule has 0 amide bonds. The zero-order valence-corrected chi connectivity index (χ0v) is 6.86. The number of nitrogens with zero attached hydrogens (tertiary/aromatic N) is 1. The molecule has 1 atom stereocenters. The van der Waals surface area contributed by atoms with Gasteiger partial charge in [-0.25, -0.2) is 0 Å². The molecule has 0 aromatic carbocycles. The zero-order chi connectivity index (χ0) is 7.84. The van der Waals surface area contributed by atoms with E-state index in [9.17, 15) is 0 Å². The fourth-order valence-electron chi connectivity index (χ4n) is 1.72. The minimum atomic E-state index is -0.105. The first-order valence-electron chi connectivity index (χ1n) is 4.26. The van der Waals surface area contributed by atoms with Gasteiger partial charge in [0.15, 0.2) is 0 Å². The van der Waals surface area contributed by atoms with Crippen molar-refractivity contribution < 1.29 is 9.84 Å². The molecule has 3 nitrogen and oxygen atoms in total. The molecule has 1 aliphatic heterocycles. The van der Waals surface area contributed by atoms with E-state index >= 15 is 0 Å². The van der Waals surface area contributed by atoms with Crippen molar-refractivity contribution in [1.82, 2.24) is 4.90 Å². The SMILES string of the molecule is COC(C1CC1)N1CC(O)C1. The second kappa shape index (κ2) is 2.73. The van der Waals surface area contributed by atoms with E-state index in [0.717, 1.165) is 19.0 Å². The molecule has 1 N–H and O–H groups in total. The van der Waals surface area contributed by atoms with E-state index in [2.05, 4.69) is 4.90 Å². The van der Waals surface area contributed by atoms with Crippen LogP contribution in [0.15, 0.2) is 0 Å². The highest BCUT2D eigenvalue weighted by Crippen LogP contribution is 2.37. The van der Waals surface area contributed by atoms with Gasteiger partial charge in [-0.3, -0.25) is 4.90 Å². The van der Waals surface area contributed by atoms with Gasteiger partial charge in [0.25, 0.3) is 0 Å². The summed E-state index contributed by atoms with van der Waals surface area (Å²) in [4.78, 5) is 2.21. The fourth-order valence-corrected chi connectivity index (χ4v) is 1.72.